The molecule has 0 radical (unpaired) electrons. The van der Waals surface area contributed by atoms with Gasteiger partial charge in [-0.25, -0.2) is 15.0 Å². The maximum atomic E-state index is 5.63. The molecule has 0 saturated heterocycles. The first-order valence-corrected chi connectivity index (χ1v) is 17.6. The summed E-state index contributed by atoms with van der Waals surface area (Å²) in [5.74, 6) is 1.53. The van der Waals surface area contributed by atoms with Crippen LogP contribution in [0.4, 0.5) is 0 Å². The van der Waals surface area contributed by atoms with Gasteiger partial charge in [0, 0.05) is 43.7 Å². The summed E-state index contributed by atoms with van der Waals surface area (Å²) < 4.78 is 4.62. The molecule has 11 aromatic rings. The van der Waals surface area contributed by atoms with Crippen LogP contribution in [-0.2, 0) is 0 Å². The Hall–Kier alpha value is -7.11. The summed E-state index contributed by atoms with van der Waals surface area (Å²) in [5, 5.41) is 7.81. The quantitative estimate of drug-likeness (QED) is 0.176. The second kappa shape index (κ2) is 11.2. The Kier molecular flexibility index (Phi) is 6.18. The van der Waals surface area contributed by atoms with Crippen LogP contribution in [0.1, 0.15) is 0 Å². The van der Waals surface area contributed by atoms with Crippen LogP contribution in [0.15, 0.2) is 176 Å². The van der Waals surface area contributed by atoms with E-state index in [1.165, 1.54) is 10.8 Å². The highest BCUT2D eigenvalue weighted by Gasteiger charge is 2.27. The smallest absolute Gasteiger partial charge is 0.235 e. The lowest BCUT2D eigenvalue weighted by molar-refractivity contribution is 1.02. The van der Waals surface area contributed by atoms with E-state index in [9.17, 15) is 0 Å². The molecule has 8 aromatic carbocycles. The van der Waals surface area contributed by atoms with Gasteiger partial charge in [0.1, 0.15) is 11.3 Å². The van der Waals surface area contributed by atoms with Crippen LogP contribution in [0.3, 0.4) is 0 Å². The van der Waals surface area contributed by atoms with Crippen LogP contribution in [-0.4, -0.2) is 24.1 Å². The van der Waals surface area contributed by atoms with Crippen molar-refractivity contribution in [2.24, 2.45) is 0 Å². The van der Waals surface area contributed by atoms with Crippen molar-refractivity contribution in [1.82, 2.24) is 24.1 Å². The van der Waals surface area contributed by atoms with E-state index < -0.39 is 0 Å². The van der Waals surface area contributed by atoms with Gasteiger partial charge >= 0.3 is 0 Å². The molecule has 0 atom stereocenters. The summed E-state index contributed by atoms with van der Waals surface area (Å²) >= 11 is 0. The second-order valence-electron chi connectivity index (χ2n) is 13.2. The van der Waals surface area contributed by atoms with Crippen LogP contribution in [0.2, 0.25) is 0 Å². The topological polar surface area (TPSA) is 48.5 Å². The average molecular weight is 664 g/mol. The van der Waals surface area contributed by atoms with Crippen LogP contribution < -0.4 is 0 Å². The Bertz CT molecular complexity index is 3160. The van der Waals surface area contributed by atoms with E-state index in [4.69, 9.17) is 15.0 Å². The Balaban J connectivity index is 1.40. The van der Waals surface area contributed by atoms with Gasteiger partial charge in [-0.1, -0.05) is 152 Å². The molecule has 0 bridgehead atoms. The van der Waals surface area contributed by atoms with Gasteiger partial charge < -0.3 is 0 Å². The molecule has 0 spiro atoms. The minimum absolute atomic E-state index is 0.628. The predicted molar refractivity (Wildman–Crippen MR) is 214 cm³/mol. The number of hydrogen-bond donors (Lipinski definition) is 0. The van der Waals surface area contributed by atoms with Gasteiger partial charge in [-0.2, -0.15) is 0 Å². The molecule has 3 heterocycles. The number of rotatable bonds is 4. The summed E-state index contributed by atoms with van der Waals surface area (Å²) in [6, 6.07) is 61.6. The Morgan fingerprint density at radius 1 is 0.385 bits per heavy atom. The van der Waals surface area contributed by atoms with E-state index in [0.717, 1.165) is 82.8 Å². The third-order valence-electron chi connectivity index (χ3n) is 10.3. The molecule has 0 amide bonds. The van der Waals surface area contributed by atoms with Gasteiger partial charge in [0.05, 0.1) is 27.8 Å². The number of para-hydroxylation sites is 3. The molecule has 0 aliphatic carbocycles. The predicted octanol–water partition coefficient (Wildman–Crippen LogP) is 11.7. The number of aromatic nitrogens is 5. The molecule has 0 unspecified atom stereocenters. The second-order valence-corrected chi connectivity index (χ2v) is 13.2. The number of nitrogens with zero attached hydrogens (tertiary/aromatic N) is 5. The van der Waals surface area contributed by atoms with Crippen LogP contribution >= 0.6 is 0 Å². The first kappa shape index (κ1) is 28.7. The largest absolute Gasteiger partial charge is 0.292 e. The lowest BCUT2D eigenvalue weighted by atomic mass is 9.97. The Morgan fingerprint density at radius 3 is 1.81 bits per heavy atom. The molecule has 3 aromatic heterocycles. The van der Waals surface area contributed by atoms with E-state index in [-0.39, 0.29) is 0 Å². The Morgan fingerprint density at radius 2 is 1.02 bits per heavy atom. The summed E-state index contributed by atoms with van der Waals surface area (Å²) in [4.78, 5) is 16.3. The van der Waals surface area contributed by atoms with E-state index >= 15 is 0 Å². The molecule has 0 fully saturated rings. The maximum absolute atomic E-state index is 5.63. The lowest BCUT2D eigenvalue weighted by Gasteiger charge is -2.15. The fourth-order valence-corrected chi connectivity index (χ4v) is 8.08. The first-order chi connectivity index (χ1) is 25.8. The number of benzene rings is 8. The average Bonchev–Trinajstić information content (AvgIpc) is 3.78. The summed E-state index contributed by atoms with van der Waals surface area (Å²) in [5.41, 5.74) is 9.07. The van der Waals surface area contributed by atoms with Crippen molar-refractivity contribution in [3.8, 4) is 34.3 Å². The molecular formula is C47H29N5. The van der Waals surface area contributed by atoms with E-state index in [0.29, 0.717) is 5.95 Å². The van der Waals surface area contributed by atoms with E-state index in [1.54, 1.807) is 0 Å². The lowest BCUT2D eigenvalue weighted by Crippen LogP contribution is -2.04. The van der Waals surface area contributed by atoms with Gasteiger partial charge in [0.15, 0.2) is 0 Å². The number of imidazole rings is 1. The minimum Gasteiger partial charge on any atom is -0.292 e. The zero-order chi connectivity index (χ0) is 34.2. The third kappa shape index (κ3) is 4.14. The number of hydrogen-bond acceptors (Lipinski definition) is 3. The zero-order valence-corrected chi connectivity index (χ0v) is 28.0. The van der Waals surface area contributed by atoms with Crippen molar-refractivity contribution >= 4 is 65.3 Å². The standard InChI is InChI=1S/C47H29N5/c1-4-17-31(18-5-1)42-35-24-12-14-26-38(35)48-47(50-42)52-39-27-15-13-25-36(39)41-43-45(40-34-23-11-10-16-30(34)28-29-37(40)44(41)52)51(33-21-8-3-9-22-33)46(49-43)32-19-6-2-7-20-32/h1-29H. The van der Waals surface area contributed by atoms with Crippen molar-refractivity contribution < 1.29 is 0 Å². The molecule has 0 N–H and O–H groups in total. The maximum Gasteiger partial charge on any atom is 0.235 e. The highest BCUT2D eigenvalue weighted by atomic mass is 15.2. The normalized spacial score (nSPS) is 11.8. The van der Waals surface area contributed by atoms with Crippen LogP contribution in [0.5, 0.6) is 0 Å². The minimum atomic E-state index is 0.628. The van der Waals surface area contributed by atoms with Gasteiger partial charge in [-0.15, -0.1) is 0 Å². The van der Waals surface area contributed by atoms with Crippen LogP contribution in [0, 0.1) is 0 Å². The summed E-state index contributed by atoms with van der Waals surface area (Å²) in [7, 11) is 0. The molecule has 242 valence electrons. The zero-order valence-electron chi connectivity index (χ0n) is 28.0. The van der Waals surface area contributed by atoms with E-state index in [2.05, 4.69) is 173 Å². The number of fused-ring (bicyclic) bond motifs is 11. The Labute approximate surface area is 298 Å². The SMILES string of the molecule is c1ccc(-c2nc(-n3c4ccccc4c4c5nc(-c6ccccc6)n(-c6ccccc6)c5c5c6ccccc6ccc5c43)nc3ccccc23)cc1. The monoisotopic (exact) mass is 663 g/mol. The van der Waals surface area contributed by atoms with Gasteiger partial charge in [-0.3, -0.25) is 9.13 Å². The van der Waals surface area contributed by atoms with Crippen molar-refractivity contribution in [2.45, 2.75) is 0 Å². The summed E-state index contributed by atoms with van der Waals surface area (Å²) in [6.07, 6.45) is 0. The van der Waals surface area contributed by atoms with E-state index in [1.807, 2.05) is 12.1 Å². The summed E-state index contributed by atoms with van der Waals surface area (Å²) in [6.45, 7) is 0. The molecule has 11 rings (SSSR count). The molecule has 0 saturated carbocycles. The first-order valence-electron chi connectivity index (χ1n) is 17.6. The van der Waals surface area contributed by atoms with Gasteiger partial charge in [0.2, 0.25) is 5.95 Å². The molecule has 0 aliphatic rings. The fraction of sp³-hybridized carbons (Fsp3) is 0. The van der Waals surface area contributed by atoms with Crippen molar-refractivity contribution in [3.63, 3.8) is 0 Å². The molecule has 5 nitrogen and oxygen atoms in total. The van der Waals surface area contributed by atoms with Crippen molar-refractivity contribution in [2.75, 3.05) is 0 Å². The third-order valence-corrected chi connectivity index (χ3v) is 10.3. The molecule has 52 heavy (non-hydrogen) atoms. The van der Waals surface area contributed by atoms with Gasteiger partial charge in [-0.05, 0) is 35.0 Å². The molecule has 5 heteroatoms. The fourth-order valence-electron chi connectivity index (χ4n) is 8.08. The highest BCUT2D eigenvalue weighted by Crippen LogP contribution is 2.46. The highest BCUT2D eigenvalue weighted by molar-refractivity contribution is 6.35. The van der Waals surface area contributed by atoms with Gasteiger partial charge in [0.25, 0.3) is 0 Å². The van der Waals surface area contributed by atoms with Crippen LogP contribution in [0.25, 0.3) is 99.6 Å². The molecular weight excluding hydrogens is 635 g/mol. The molecule has 0 aliphatic heterocycles. The van der Waals surface area contributed by atoms with Crippen molar-refractivity contribution in [3.05, 3.63) is 176 Å². The van der Waals surface area contributed by atoms with Crippen molar-refractivity contribution in [1.29, 1.82) is 0 Å².